The highest BCUT2D eigenvalue weighted by molar-refractivity contribution is 5.94. The molecule has 4 unspecified atom stereocenters. The van der Waals surface area contributed by atoms with E-state index in [9.17, 15) is 24.0 Å². The summed E-state index contributed by atoms with van der Waals surface area (Å²) >= 11 is 0. The van der Waals surface area contributed by atoms with Crippen molar-refractivity contribution in [3.05, 3.63) is 0 Å². The summed E-state index contributed by atoms with van der Waals surface area (Å²) in [5.41, 5.74) is 11.0. The quantitative estimate of drug-likeness (QED) is 0.146. The monoisotopic (exact) mass is 445 g/mol. The van der Waals surface area contributed by atoms with E-state index in [1.165, 1.54) is 6.92 Å². The predicted molar refractivity (Wildman–Crippen MR) is 112 cm³/mol. The van der Waals surface area contributed by atoms with E-state index in [4.69, 9.17) is 21.7 Å². The predicted octanol–water partition coefficient (Wildman–Crippen LogP) is -1.48. The number of amides is 3. The van der Waals surface area contributed by atoms with Gasteiger partial charge >= 0.3 is 11.9 Å². The lowest BCUT2D eigenvalue weighted by atomic mass is 10.0. The van der Waals surface area contributed by atoms with Crippen molar-refractivity contribution >= 4 is 29.7 Å². The summed E-state index contributed by atoms with van der Waals surface area (Å²) in [7, 11) is 0. The van der Waals surface area contributed by atoms with Crippen molar-refractivity contribution in [2.24, 2.45) is 17.4 Å². The minimum Gasteiger partial charge on any atom is -0.481 e. The lowest BCUT2D eigenvalue weighted by Crippen LogP contribution is -2.57. The van der Waals surface area contributed by atoms with Gasteiger partial charge in [0.1, 0.15) is 18.1 Å². The molecule has 178 valence electrons. The van der Waals surface area contributed by atoms with Gasteiger partial charge in [-0.15, -0.1) is 0 Å². The maximum atomic E-state index is 12.8. The van der Waals surface area contributed by atoms with Gasteiger partial charge in [-0.3, -0.25) is 24.0 Å². The van der Waals surface area contributed by atoms with Gasteiger partial charge in [-0.2, -0.15) is 0 Å². The highest BCUT2D eigenvalue weighted by Crippen LogP contribution is 2.08. The Morgan fingerprint density at radius 3 is 1.87 bits per heavy atom. The van der Waals surface area contributed by atoms with Crippen LogP contribution in [0.5, 0.6) is 0 Å². The molecule has 0 aliphatic rings. The Labute approximate surface area is 181 Å². The average molecular weight is 446 g/mol. The molecule has 0 aromatic rings. The van der Waals surface area contributed by atoms with Crippen molar-refractivity contribution in [1.29, 1.82) is 0 Å². The molecule has 0 bridgehead atoms. The van der Waals surface area contributed by atoms with Gasteiger partial charge in [-0.1, -0.05) is 13.8 Å². The molecule has 12 nitrogen and oxygen atoms in total. The third kappa shape index (κ3) is 11.9. The summed E-state index contributed by atoms with van der Waals surface area (Å²) in [4.78, 5) is 59.3. The number of nitrogens with one attached hydrogen (secondary N) is 3. The molecule has 0 aliphatic carbocycles. The molecule has 0 saturated carbocycles. The first-order valence-corrected chi connectivity index (χ1v) is 10.2. The second-order valence-electron chi connectivity index (χ2n) is 7.81. The van der Waals surface area contributed by atoms with E-state index >= 15 is 0 Å². The van der Waals surface area contributed by atoms with Gasteiger partial charge in [0.2, 0.25) is 17.7 Å². The van der Waals surface area contributed by atoms with E-state index in [1.807, 2.05) is 13.8 Å². The summed E-state index contributed by atoms with van der Waals surface area (Å²) in [6.45, 7) is 5.34. The zero-order chi connectivity index (χ0) is 24.1. The molecule has 3 amide bonds. The number of carboxylic acids is 2. The minimum atomic E-state index is -1.34. The van der Waals surface area contributed by atoms with Crippen LogP contribution in [0.3, 0.4) is 0 Å². The average Bonchev–Trinajstić information content (AvgIpc) is 2.65. The van der Waals surface area contributed by atoms with Crippen LogP contribution in [0, 0.1) is 5.92 Å². The normalized spacial score (nSPS) is 14.8. The zero-order valence-electron chi connectivity index (χ0n) is 18.2. The zero-order valence-corrected chi connectivity index (χ0v) is 18.2. The Bertz CT molecular complexity index is 641. The van der Waals surface area contributed by atoms with Crippen molar-refractivity contribution in [2.45, 2.75) is 77.0 Å². The van der Waals surface area contributed by atoms with E-state index in [1.54, 1.807) is 0 Å². The second kappa shape index (κ2) is 14.3. The van der Waals surface area contributed by atoms with Gasteiger partial charge in [0, 0.05) is 0 Å². The molecule has 0 spiro atoms. The van der Waals surface area contributed by atoms with Crippen molar-refractivity contribution < 1.29 is 34.2 Å². The SMILES string of the molecule is CC(C)CC(NC(=O)C(CCCCN)NC(=O)C(N)CC(=O)O)C(=O)NC(C)C(=O)O. The Kier molecular flexibility index (Phi) is 13.0. The third-order valence-electron chi connectivity index (χ3n) is 4.38. The molecule has 0 saturated heterocycles. The van der Waals surface area contributed by atoms with Gasteiger partial charge in [0.25, 0.3) is 0 Å². The summed E-state index contributed by atoms with van der Waals surface area (Å²) in [5.74, 6) is -4.59. The van der Waals surface area contributed by atoms with Crippen molar-refractivity contribution in [3.8, 4) is 0 Å². The van der Waals surface area contributed by atoms with Gasteiger partial charge in [-0.25, -0.2) is 0 Å². The Morgan fingerprint density at radius 2 is 1.39 bits per heavy atom. The van der Waals surface area contributed by atoms with Gasteiger partial charge in [0.15, 0.2) is 0 Å². The third-order valence-corrected chi connectivity index (χ3v) is 4.38. The van der Waals surface area contributed by atoms with E-state index < -0.39 is 60.2 Å². The molecule has 4 atom stereocenters. The highest BCUT2D eigenvalue weighted by atomic mass is 16.4. The fraction of sp³-hybridized carbons (Fsp3) is 0.737. The topological polar surface area (TPSA) is 214 Å². The van der Waals surface area contributed by atoms with Crippen molar-refractivity contribution in [1.82, 2.24) is 16.0 Å². The van der Waals surface area contributed by atoms with Gasteiger partial charge in [0.05, 0.1) is 12.5 Å². The molecule has 0 aromatic heterocycles. The number of hydrogen-bond donors (Lipinski definition) is 7. The van der Waals surface area contributed by atoms with Crippen molar-refractivity contribution in [2.75, 3.05) is 6.54 Å². The molecule has 0 heterocycles. The van der Waals surface area contributed by atoms with Crippen molar-refractivity contribution in [3.63, 3.8) is 0 Å². The van der Waals surface area contributed by atoms with E-state index in [0.29, 0.717) is 19.4 Å². The molecule has 31 heavy (non-hydrogen) atoms. The fourth-order valence-corrected chi connectivity index (χ4v) is 2.67. The van der Waals surface area contributed by atoms with Gasteiger partial charge in [-0.05, 0) is 45.1 Å². The molecule has 0 aliphatic heterocycles. The number of carbonyl (C=O) groups is 5. The molecule has 0 aromatic carbocycles. The first-order valence-electron chi connectivity index (χ1n) is 10.2. The van der Waals surface area contributed by atoms with Gasteiger partial charge < -0.3 is 37.6 Å². The molecular formula is C19H35N5O7. The number of hydrogen-bond acceptors (Lipinski definition) is 7. The van der Waals surface area contributed by atoms with E-state index in [0.717, 1.165) is 0 Å². The van der Waals surface area contributed by atoms with E-state index in [2.05, 4.69) is 16.0 Å². The largest absolute Gasteiger partial charge is 0.481 e. The number of rotatable bonds is 15. The molecular weight excluding hydrogens is 410 g/mol. The Balaban J connectivity index is 5.35. The number of unbranched alkanes of at least 4 members (excludes halogenated alkanes) is 1. The Morgan fingerprint density at radius 1 is 0.839 bits per heavy atom. The first-order chi connectivity index (χ1) is 14.4. The molecule has 0 rings (SSSR count). The molecule has 0 fully saturated rings. The lowest BCUT2D eigenvalue weighted by Gasteiger charge is -2.25. The molecule has 9 N–H and O–H groups in total. The van der Waals surface area contributed by atoms with Crippen LogP contribution in [0.2, 0.25) is 0 Å². The first kappa shape index (κ1) is 28.3. The number of aliphatic carboxylic acids is 2. The van der Waals surface area contributed by atoms with Crippen LogP contribution in [-0.2, 0) is 24.0 Å². The maximum Gasteiger partial charge on any atom is 0.325 e. The highest BCUT2D eigenvalue weighted by Gasteiger charge is 2.30. The number of carbonyl (C=O) groups excluding carboxylic acids is 3. The smallest absolute Gasteiger partial charge is 0.325 e. The van der Waals surface area contributed by atoms with Crippen LogP contribution in [0.1, 0.15) is 52.9 Å². The van der Waals surface area contributed by atoms with Crippen LogP contribution in [0.4, 0.5) is 0 Å². The summed E-state index contributed by atoms with van der Waals surface area (Å²) in [6, 6.07) is -4.56. The summed E-state index contributed by atoms with van der Waals surface area (Å²) in [6.07, 6.45) is 0.934. The molecule has 0 radical (unpaired) electrons. The maximum absolute atomic E-state index is 12.8. The van der Waals surface area contributed by atoms with Crippen LogP contribution >= 0.6 is 0 Å². The van der Waals surface area contributed by atoms with Crippen LogP contribution in [0.25, 0.3) is 0 Å². The second-order valence-corrected chi connectivity index (χ2v) is 7.81. The minimum absolute atomic E-state index is 0.00505. The molecule has 12 heteroatoms. The van der Waals surface area contributed by atoms with Crippen LogP contribution in [-0.4, -0.2) is 70.6 Å². The number of nitrogens with two attached hydrogens (primary N) is 2. The summed E-state index contributed by atoms with van der Waals surface area (Å²) < 4.78 is 0. The van der Waals surface area contributed by atoms with E-state index in [-0.39, 0.29) is 18.8 Å². The standard InChI is InChI=1S/C19H35N5O7/c1-10(2)8-14(18(29)22-11(3)19(30)31)24-17(28)13(6-4-5-7-20)23-16(27)12(21)9-15(25)26/h10-14H,4-9,20-21H2,1-3H3,(H,22,29)(H,23,27)(H,24,28)(H,25,26)(H,30,31). The lowest BCUT2D eigenvalue weighted by molar-refractivity contribution is -0.142. The van der Waals surface area contributed by atoms with Crippen LogP contribution in [0.15, 0.2) is 0 Å². The van der Waals surface area contributed by atoms with Crippen LogP contribution < -0.4 is 27.4 Å². The fourth-order valence-electron chi connectivity index (χ4n) is 2.67. The summed E-state index contributed by atoms with van der Waals surface area (Å²) in [5, 5.41) is 25.1. The Hall–Kier alpha value is -2.73. The number of carboxylic acid groups (broad SMARTS) is 2.